The standard InChI is InChI=1S/C16H15Cl2N/c17-14-6-3-7-15(18)13(14)9-16(19)12-8-10-4-1-2-5-11(10)12/h1-7,12,16H,8-9,19H2. The fourth-order valence-electron chi connectivity index (χ4n) is 2.78. The van der Waals surface area contributed by atoms with E-state index in [1.54, 1.807) is 0 Å². The van der Waals surface area contributed by atoms with Crippen LogP contribution in [0.15, 0.2) is 42.5 Å². The molecule has 19 heavy (non-hydrogen) atoms. The van der Waals surface area contributed by atoms with Gasteiger partial charge < -0.3 is 5.73 Å². The molecule has 0 aromatic heterocycles. The third-order valence-corrected chi connectivity index (χ3v) is 4.62. The average Bonchev–Trinajstić information content (AvgIpc) is 2.35. The minimum atomic E-state index is 0.0623. The molecule has 2 atom stereocenters. The summed E-state index contributed by atoms with van der Waals surface area (Å²) in [7, 11) is 0. The molecule has 1 aliphatic carbocycles. The van der Waals surface area contributed by atoms with Crippen LogP contribution in [0.2, 0.25) is 10.0 Å². The Balaban J connectivity index is 1.79. The first kappa shape index (κ1) is 13.0. The van der Waals surface area contributed by atoms with Crippen molar-refractivity contribution in [3.63, 3.8) is 0 Å². The maximum atomic E-state index is 6.35. The van der Waals surface area contributed by atoms with E-state index >= 15 is 0 Å². The lowest BCUT2D eigenvalue weighted by molar-refractivity contribution is 0.480. The van der Waals surface area contributed by atoms with E-state index in [4.69, 9.17) is 28.9 Å². The number of nitrogens with two attached hydrogens (primary N) is 1. The molecule has 0 aliphatic heterocycles. The van der Waals surface area contributed by atoms with Crippen LogP contribution in [-0.2, 0) is 12.8 Å². The first-order valence-electron chi connectivity index (χ1n) is 6.43. The van der Waals surface area contributed by atoms with Gasteiger partial charge in [0.15, 0.2) is 0 Å². The molecule has 2 aromatic rings. The van der Waals surface area contributed by atoms with Crippen LogP contribution in [0.3, 0.4) is 0 Å². The Morgan fingerprint density at radius 3 is 2.42 bits per heavy atom. The lowest BCUT2D eigenvalue weighted by atomic mass is 9.72. The number of halogens is 2. The van der Waals surface area contributed by atoms with E-state index in [1.807, 2.05) is 18.2 Å². The molecule has 3 rings (SSSR count). The monoisotopic (exact) mass is 291 g/mol. The van der Waals surface area contributed by atoms with Crippen molar-refractivity contribution in [2.45, 2.75) is 24.8 Å². The van der Waals surface area contributed by atoms with Gasteiger partial charge >= 0.3 is 0 Å². The van der Waals surface area contributed by atoms with E-state index in [9.17, 15) is 0 Å². The largest absolute Gasteiger partial charge is 0.327 e. The second-order valence-corrected chi connectivity index (χ2v) is 5.89. The maximum Gasteiger partial charge on any atom is 0.0453 e. The Kier molecular flexibility index (Phi) is 3.53. The summed E-state index contributed by atoms with van der Waals surface area (Å²) in [5.74, 6) is 0.420. The zero-order valence-corrected chi connectivity index (χ0v) is 12.0. The van der Waals surface area contributed by atoms with E-state index in [0.29, 0.717) is 16.0 Å². The van der Waals surface area contributed by atoms with Crippen LogP contribution < -0.4 is 5.73 Å². The van der Waals surface area contributed by atoms with E-state index in [2.05, 4.69) is 24.3 Å². The summed E-state index contributed by atoms with van der Waals surface area (Å²) in [5.41, 5.74) is 10.1. The fraction of sp³-hybridized carbons (Fsp3) is 0.250. The minimum Gasteiger partial charge on any atom is -0.327 e. The highest BCUT2D eigenvalue weighted by molar-refractivity contribution is 6.36. The summed E-state index contributed by atoms with van der Waals surface area (Å²) in [5, 5.41) is 1.41. The molecule has 0 saturated heterocycles. The molecule has 2 aromatic carbocycles. The van der Waals surface area contributed by atoms with E-state index in [1.165, 1.54) is 11.1 Å². The molecule has 0 bridgehead atoms. The molecule has 3 heteroatoms. The van der Waals surface area contributed by atoms with Crippen LogP contribution >= 0.6 is 23.2 Å². The quantitative estimate of drug-likeness (QED) is 0.901. The van der Waals surface area contributed by atoms with Crippen molar-refractivity contribution in [2.75, 3.05) is 0 Å². The van der Waals surface area contributed by atoms with Gasteiger partial charge in [0.1, 0.15) is 0 Å². The van der Waals surface area contributed by atoms with Crippen LogP contribution in [-0.4, -0.2) is 6.04 Å². The minimum absolute atomic E-state index is 0.0623. The van der Waals surface area contributed by atoms with Crippen LogP contribution in [0, 0.1) is 0 Å². The predicted octanol–water partition coefficient (Wildman–Crippen LogP) is 4.20. The molecule has 98 valence electrons. The van der Waals surface area contributed by atoms with E-state index in [0.717, 1.165) is 18.4 Å². The Bertz CT molecular complexity index is 589. The Morgan fingerprint density at radius 1 is 1.05 bits per heavy atom. The summed E-state index contributed by atoms with van der Waals surface area (Å²) in [6.45, 7) is 0. The number of hydrogen-bond acceptors (Lipinski definition) is 1. The normalized spacial score (nSPS) is 18.6. The highest BCUT2D eigenvalue weighted by Gasteiger charge is 2.31. The molecular formula is C16H15Cl2N. The second-order valence-electron chi connectivity index (χ2n) is 5.08. The van der Waals surface area contributed by atoms with Crippen LogP contribution in [0.5, 0.6) is 0 Å². The zero-order chi connectivity index (χ0) is 13.4. The van der Waals surface area contributed by atoms with Crippen LogP contribution in [0.25, 0.3) is 0 Å². The average molecular weight is 292 g/mol. The van der Waals surface area contributed by atoms with Gasteiger partial charge in [0, 0.05) is 22.0 Å². The third kappa shape index (κ3) is 2.38. The highest BCUT2D eigenvalue weighted by Crippen LogP contribution is 2.38. The summed E-state index contributed by atoms with van der Waals surface area (Å²) in [6.07, 6.45) is 1.77. The van der Waals surface area contributed by atoms with Crippen molar-refractivity contribution >= 4 is 23.2 Å². The summed E-state index contributed by atoms with van der Waals surface area (Å²) < 4.78 is 0. The van der Waals surface area contributed by atoms with E-state index < -0.39 is 0 Å². The number of benzene rings is 2. The zero-order valence-electron chi connectivity index (χ0n) is 10.4. The molecule has 0 spiro atoms. The first-order valence-corrected chi connectivity index (χ1v) is 7.18. The van der Waals surface area contributed by atoms with Crippen molar-refractivity contribution in [1.29, 1.82) is 0 Å². The highest BCUT2D eigenvalue weighted by atomic mass is 35.5. The van der Waals surface area contributed by atoms with Gasteiger partial charge in [-0.3, -0.25) is 0 Å². The van der Waals surface area contributed by atoms with Crippen LogP contribution in [0.4, 0.5) is 0 Å². The van der Waals surface area contributed by atoms with Gasteiger partial charge in [-0.2, -0.15) is 0 Å². The molecule has 0 saturated carbocycles. The Labute approximate surface area is 123 Å². The van der Waals surface area contributed by atoms with Gasteiger partial charge in [0.2, 0.25) is 0 Å². The molecule has 0 fully saturated rings. The second kappa shape index (κ2) is 5.16. The van der Waals surface area contributed by atoms with Gasteiger partial charge in [0.25, 0.3) is 0 Å². The molecule has 0 heterocycles. The Morgan fingerprint density at radius 2 is 1.74 bits per heavy atom. The van der Waals surface area contributed by atoms with Gasteiger partial charge in [0.05, 0.1) is 0 Å². The SMILES string of the molecule is NC(Cc1c(Cl)cccc1Cl)C1Cc2ccccc21. The van der Waals surface area contributed by atoms with Crippen molar-refractivity contribution in [3.05, 3.63) is 69.2 Å². The molecule has 0 amide bonds. The van der Waals surface area contributed by atoms with Crippen molar-refractivity contribution < 1.29 is 0 Å². The lowest BCUT2D eigenvalue weighted by Gasteiger charge is -2.35. The third-order valence-electron chi connectivity index (χ3n) is 3.91. The lowest BCUT2D eigenvalue weighted by Crippen LogP contribution is -2.37. The predicted molar refractivity (Wildman–Crippen MR) is 81.0 cm³/mol. The molecule has 1 nitrogen and oxygen atoms in total. The first-order chi connectivity index (χ1) is 9.16. The number of fused-ring (bicyclic) bond motifs is 1. The van der Waals surface area contributed by atoms with Gasteiger partial charge in [-0.05, 0) is 41.7 Å². The fourth-order valence-corrected chi connectivity index (χ4v) is 3.34. The van der Waals surface area contributed by atoms with Crippen LogP contribution in [0.1, 0.15) is 22.6 Å². The molecule has 2 unspecified atom stereocenters. The number of rotatable bonds is 3. The topological polar surface area (TPSA) is 26.0 Å². The summed E-state index contributed by atoms with van der Waals surface area (Å²) in [6, 6.07) is 14.1. The maximum absolute atomic E-state index is 6.35. The molecule has 0 radical (unpaired) electrons. The Hall–Kier alpha value is -1.02. The molecule has 1 aliphatic rings. The van der Waals surface area contributed by atoms with Crippen molar-refractivity contribution in [2.24, 2.45) is 5.73 Å². The van der Waals surface area contributed by atoms with Gasteiger partial charge in [-0.1, -0.05) is 53.5 Å². The number of hydrogen-bond donors (Lipinski definition) is 1. The van der Waals surface area contributed by atoms with Crippen molar-refractivity contribution in [1.82, 2.24) is 0 Å². The van der Waals surface area contributed by atoms with Gasteiger partial charge in [-0.25, -0.2) is 0 Å². The van der Waals surface area contributed by atoms with Gasteiger partial charge in [-0.15, -0.1) is 0 Å². The molecular weight excluding hydrogens is 277 g/mol. The smallest absolute Gasteiger partial charge is 0.0453 e. The van der Waals surface area contributed by atoms with E-state index in [-0.39, 0.29) is 6.04 Å². The molecule has 2 N–H and O–H groups in total. The summed E-state index contributed by atoms with van der Waals surface area (Å²) in [4.78, 5) is 0. The summed E-state index contributed by atoms with van der Waals surface area (Å²) >= 11 is 12.4. The van der Waals surface area contributed by atoms with Crippen molar-refractivity contribution in [3.8, 4) is 0 Å².